The van der Waals surface area contributed by atoms with Crippen LogP contribution in [0.25, 0.3) is 10.9 Å². The summed E-state index contributed by atoms with van der Waals surface area (Å²) in [6.45, 7) is 0. The third kappa shape index (κ3) is 2.44. The number of nitrogen functional groups attached to an aromatic ring is 1. The average Bonchev–Trinajstić information content (AvgIpc) is 2.46. The number of benzene rings is 2. The fraction of sp³-hybridized carbons (Fsp3) is 0. The molecule has 0 atom stereocenters. The Morgan fingerprint density at radius 1 is 1.10 bits per heavy atom. The van der Waals surface area contributed by atoms with Crippen LogP contribution in [0.5, 0.6) is 11.5 Å². The molecule has 3 aromatic rings. The van der Waals surface area contributed by atoms with Gasteiger partial charge in [0, 0.05) is 16.1 Å². The van der Waals surface area contributed by atoms with Gasteiger partial charge in [0.1, 0.15) is 11.5 Å². The lowest BCUT2D eigenvalue weighted by Gasteiger charge is -2.11. The number of pyridine rings is 1. The van der Waals surface area contributed by atoms with E-state index in [1.807, 2.05) is 30.3 Å². The Labute approximate surface area is 129 Å². The Bertz CT molecular complexity index is 792. The molecule has 0 spiro atoms. The minimum Gasteiger partial charge on any atom is -0.455 e. The van der Waals surface area contributed by atoms with Crippen LogP contribution in [-0.4, -0.2) is 4.98 Å². The molecule has 5 heteroatoms. The molecule has 0 radical (unpaired) electrons. The largest absolute Gasteiger partial charge is 0.455 e. The van der Waals surface area contributed by atoms with Crippen molar-refractivity contribution >= 4 is 44.1 Å². The lowest BCUT2D eigenvalue weighted by molar-refractivity contribution is 0.488. The highest BCUT2D eigenvalue weighted by Gasteiger charge is 2.09. The van der Waals surface area contributed by atoms with Crippen molar-refractivity contribution in [3.63, 3.8) is 0 Å². The summed E-state index contributed by atoms with van der Waals surface area (Å²) in [5.41, 5.74) is 7.26. The van der Waals surface area contributed by atoms with Crippen LogP contribution in [0.15, 0.2) is 53.1 Å². The minimum absolute atomic E-state index is 0.544. The van der Waals surface area contributed by atoms with Gasteiger partial charge in [-0.2, -0.15) is 0 Å². The van der Waals surface area contributed by atoms with Gasteiger partial charge in [-0.25, -0.2) is 0 Å². The maximum Gasteiger partial charge on any atom is 0.147 e. The van der Waals surface area contributed by atoms with Crippen molar-refractivity contribution in [3.05, 3.63) is 58.2 Å². The van der Waals surface area contributed by atoms with E-state index in [9.17, 15) is 0 Å². The first-order valence-electron chi connectivity index (χ1n) is 5.91. The van der Waals surface area contributed by atoms with E-state index in [1.54, 1.807) is 18.3 Å². The van der Waals surface area contributed by atoms with E-state index < -0.39 is 0 Å². The lowest BCUT2D eigenvalue weighted by Crippen LogP contribution is -1.92. The molecule has 3 nitrogen and oxygen atoms in total. The van der Waals surface area contributed by atoms with Crippen LogP contribution in [0.3, 0.4) is 0 Å². The molecule has 3 rings (SSSR count). The van der Waals surface area contributed by atoms with Crippen LogP contribution in [0.2, 0.25) is 5.02 Å². The van der Waals surface area contributed by atoms with Gasteiger partial charge in [0.2, 0.25) is 0 Å². The van der Waals surface area contributed by atoms with E-state index in [4.69, 9.17) is 22.1 Å². The van der Waals surface area contributed by atoms with Gasteiger partial charge in [-0.1, -0.05) is 27.5 Å². The van der Waals surface area contributed by atoms with E-state index >= 15 is 0 Å². The molecule has 2 aromatic carbocycles. The molecule has 0 aliphatic heterocycles. The molecule has 0 saturated carbocycles. The van der Waals surface area contributed by atoms with E-state index in [0.29, 0.717) is 22.2 Å². The van der Waals surface area contributed by atoms with Crippen LogP contribution in [0.1, 0.15) is 0 Å². The fourth-order valence-corrected chi connectivity index (χ4v) is 2.43. The van der Waals surface area contributed by atoms with Crippen molar-refractivity contribution in [2.24, 2.45) is 0 Å². The molecule has 0 saturated heterocycles. The predicted molar refractivity (Wildman–Crippen MR) is 85.4 cm³/mol. The number of nitrogens with two attached hydrogens (primary N) is 1. The zero-order valence-electron chi connectivity index (χ0n) is 10.3. The third-order valence-corrected chi connectivity index (χ3v) is 3.68. The Morgan fingerprint density at radius 2 is 1.95 bits per heavy atom. The van der Waals surface area contributed by atoms with Gasteiger partial charge in [0.25, 0.3) is 0 Å². The molecule has 100 valence electrons. The molecule has 0 amide bonds. The van der Waals surface area contributed by atoms with Crippen molar-refractivity contribution in [2.45, 2.75) is 0 Å². The molecule has 0 fully saturated rings. The number of halogens is 2. The first kappa shape index (κ1) is 13.2. The maximum atomic E-state index is 6.14. The molecule has 1 aromatic heterocycles. The molecule has 0 aliphatic rings. The second-order valence-electron chi connectivity index (χ2n) is 4.23. The summed E-state index contributed by atoms with van der Waals surface area (Å²) < 4.78 is 6.80. The smallest absolute Gasteiger partial charge is 0.147 e. The van der Waals surface area contributed by atoms with Crippen molar-refractivity contribution in [2.75, 3.05) is 5.73 Å². The van der Waals surface area contributed by atoms with Gasteiger partial charge in [-0.15, -0.1) is 0 Å². The van der Waals surface area contributed by atoms with E-state index in [-0.39, 0.29) is 0 Å². The minimum atomic E-state index is 0.544. The zero-order valence-corrected chi connectivity index (χ0v) is 12.6. The number of anilines is 1. The highest BCUT2D eigenvalue weighted by molar-refractivity contribution is 9.10. The Kier molecular flexibility index (Phi) is 3.51. The number of aromatic nitrogens is 1. The second kappa shape index (κ2) is 5.31. The summed E-state index contributed by atoms with van der Waals surface area (Å²) in [6.07, 6.45) is 1.70. The normalized spacial score (nSPS) is 10.7. The lowest BCUT2D eigenvalue weighted by atomic mass is 10.1. The molecule has 2 N–H and O–H groups in total. The van der Waals surface area contributed by atoms with Gasteiger partial charge in [0.05, 0.1) is 16.2 Å². The van der Waals surface area contributed by atoms with Gasteiger partial charge in [-0.3, -0.25) is 4.98 Å². The van der Waals surface area contributed by atoms with Crippen molar-refractivity contribution in [1.82, 2.24) is 4.98 Å². The van der Waals surface area contributed by atoms with E-state index in [1.165, 1.54) is 0 Å². The van der Waals surface area contributed by atoms with Crippen LogP contribution in [0.4, 0.5) is 5.69 Å². The predicted octanol–water partition coefficient (Wildman–Crippen LogP) is 5.03. The van der Waals surface area contributed by atoms with Gasteiger partial charge in [-0.05, 0) is 42.5 Å². The Morgan fingerprint density at radius 3 is 2.80 bits per heavy atom. The second-order valence-corrected chi connectivity index (χ2v) is 5.55. The van der Waals surface area contributed by atoms with E-state index in [2.05, 4.69) is 20.9 Å². The molecule has 0 aliphatic carbocycles. The summed E-state index contributed by atoms with van der Waals surface area (Å²) in [5.74, 6) is 1.25. The van der Waals surface area contributed by atoms with Crippen LogP contribution in [-0.2, 0) is 0 Å². The Hall–Kier alpha value is -1.78. The molecular formula is C15H10BrClN2O. The van der Waals surface area contributed by atoms with Crippen LogP contribution >= 0.6 is 27.5 Å². The number of hydrogen-bond acceptors (Lipinski definition) is 3. The topological polar surface area (TPSA) is 48.1 Å². The molecule has 20 heavy (non-hydrogen) atoms. The van der Waals surface area contributed by atoms with Gasteiger partial charge < -0.3 is 10.5 Å². The SMILES string of the molecule is Nc1ccc(Oc2cc(Br)ccc2Cl)c2cccnc12. The van der Waals surface area contributed by atoms with Crippen LogP contribution in [0, 0.1) is 0 Å². The standard InChI is InChI=1S/C15H10BrClN2O/c16-9-3-4-11(17)14(8-9)20-13-6-5-12(18)15-10(13)2-1-7-19-15/h1-8H,18H2. The molecule has 0 bridgehead atoms. The number of nitrogens with zero attached hydrogens (tertiary/aromatic N) is 1. The van der Waals surface area contributed by atoms with Gasteiger partial charge >= 0.3 is 0 Å². The monoisotopic (exact) mass is 348 g/mol. The zero-order chi connectivity index (χ0) is 14.1. The number of fused-ring (bicyclic) bond motifs is 1. The Balaban J connectivity index is 2.11. The average molecular weight is 350 g/mol. The first-order chi connectivity index (χ1) is 9.65. The summed E-state index contributed by atoms with van der Waals surface area (Å²) in [4.78, 5) is 4.28. The maximum absolute atomic E-state index is 6.14. The quantitative estimate of drug-likeness (QED) is 0.660. The summed E-state index contributed by atoms with van der Waals surface area (Å²) in [7, 11) is 0. The molecule has 1 heterocycles. The summed E-state index contributed by atoms with van der Waals surface area (Å²) in [5, 5.41) is 1.39. The van der Waals surface area contributed by atoms with Crippen LogP contribution < -0.4 is 10.5 Å². The van der Waals surface area contributed by atoms with Crippen molar-refractivity contribution < 1.29 is 4.74 Å². The van der Waals surface area contributed by atoms with Crippen molar-refractivity contribution in [3.8, 4) is 11.5 Å². The first-order valence-corrected chi connectivity index (χ1v) is 7.08. The van der Waals surface area contributed by atoms with Crippen molar-refractivity contribution in [1.29, 1.82) is 0 Å². The van der Waals surface area contributed by atoms with E-state index in [0.717, 1.165) is 15.4 Å². The van der Waals surface area contributed by atoms with Gasteiger partial charge in [0.15, 0.2) is 0 Å². The molecular weight excluding hydrogens is 340 g/mol. The number of rotatable bonds is 2. The highest BCUT2D eigenvalue weighted by Crippen LogP contribution is 2.36. The number of ether oxygens (including phenoxy) is 1. The highest BCUT2D eigenvalue weighted by atomic mass is 79.9. The summed E-state index contributed by atoms with van der Waals surface area (Å²) in [6, 6.07) is 12.8. The number of hydrogen-bond donors (Lipinski definition) is 1. The third-order valence-electron chi connectivity index (χ3n) is 2.87. The summed E-state index contributed by atoms with van der Waals surface area (Å²) >= 11 is 9.54. The molecule has 0 unspecified atom stereocenters. The fourth-order valence-electron chi connectivity index (χ4n) is 1.93.